The van der Waals surface area contributed by atoms with Crippen molar-refractivity contribution in [1.29, 1.82) is 0 Å². The van der Waals surface area contributed by atoms with Crippen LogP contribution in [0.25, 0.3) is 0 Å². The maximum atomic E-state index is 13.0. The van der Waals surface area contributed by atoms with Gasteiger partial charge < -0.3 is 4.74 Å². The maximum absolute atomic E-state index is 13.0. The van der Waals surface area contributed by atoms with E-state index in [9.17, 15) is 22.8 Å². The molecular formula is C14H14ClF3O3. The number of rotatable bonds is 6. The van der Waals surface area contributed by atoms with Crippen LogP contribution in [0.2, 0.25) is 0 Å². The van der Waals surface area contributed by atoms with Crippen LogP contribution in [0.3, 0.4) is 0 Å². The summed E-state index contributed by atoms with van der Waals surface area (Å²) < 4.78 is 43.7. The number of hydrogen-bond donors (Lipinski definition) is 0. The topological polar surface area (TPSA) is 43.4 Å². The molecule has 3 nitrogen and oxygen atoms in total. The standard InChI is InChI=1S/C14H14ClF3O3/c1-3-14(4-2,12(15)19)13(20)21-7-8-5-9(16)11(18)10(17)6-8/h5-6H,3-4,7H2,1-2H3. The number of esters is 1. The zero-order valence-electron chi connectivity index (χ0n) is 11.5. The van der Waals surface area contributed by atoms with Gasteiger partial charge in [-0.3, -0.25) is 9.59 Å². The number of benzene rings is 1. The van der Waals surface area contributed by atoms with Crippen molar-refractivity contribution in [3.8, 4) is 0 Å². The minimum atomic E-state index is -1.60. The zero-order valence-corrected chi connectivity index (χ0v) is 12.3. The van der Waals surface area contributed by atoms with Gasteiger partial charge in [-0.15, -0.1) is 0 Å². The Hall–Kier alpha value is -1.56. The molecule has 0 saturated carbocycles. The summed E-state index contributed by atoms with van der Waals surface area (Å²) in [6.45, 7) is 2.71. The minimum Gasteiger partial charge on any atom is -0.460 e. The summed E-state index contributed by atoms with van der Waals surface area (Å²) in [6.07, 6.45) is 0.271. The Morgan fingerprint density at radius 1 is 1.14 bits per heavy atom. The van der Waals surface area contributed by atoms with E-state index in [1.165, 1.54) is 0 Å². The number of halogens is 4. The van der Waals surface area contributed by atoms with Crippen LogP contribution >= 0.6 is 11.6 Å². The normalized spacial score (nSPS) is 11.3. The highest BCUT2D eigenvalue weighted by Crippen LogP contribution is 2.31. The van der Waals surface area contributed by atoms with Crippen molar-refractivity contribution in [3.05, 3.63) is 35.1 Å². The summed E-state index contributed by atoms with van der Waals surface area (Å²) in [5.41, 5.74) is -1.55. The summed E-state index contributed by atoms with van der Waals surface area (Å²) in [4.78, 5) is 23.4. The summed E-state index contributed by atoms with van der Waals surface area (Å²) >= 11 is 5.44. The van der Waals surface area contributed by atoms with Gasteiger partial charge in [-0.25, -0.2) is 13.2 Å². The van der Waals surface area contributed by atoms with Gasteiger partial charge in [0.05, 0.1) is 0 Å². The molecule has 0 aromatic heterocycles. The first-order valence-corrected chi connectivity index (χ1v) is 6.66. The van der Waals surface area contributed by atoms with Gasteiger partial charge in [0.1, 0.15) is 12.0 Å². The molecule has 21 heavy (non-hydrogen) atoms. The van der Waals surface area contributed by atoms with Gasteiger partial charge in [0, 0.05) is 0 Å². The van der Waals surface area contributed by atoms with Gasteiger partial charge in [-0.1, -0.05) is 13.8 Å². The monoisotopic (exact) mass is 322 g/mol. The van der Waals surface area contributed by atoms with E-state index in [4.69, 9.17) is 16.3 Å². The molecule has 0 fully saturated rings. The van der Waals surface area contributed by atoms with Crippen molar-refractivity contribution in [1.82, 2.24) is 0 Å². The summed E-state index contributed by atoms with van der Waals surface area (Å²) in [7, 11) is 0. The van der Waals surface area contributed by atoms with Crippen LogP contribution in [0.4, 0.5) is 13.2 Å². The fraction of sp³-hybridized carbons (Fsp3) is 0.429. The molecule has 0 N–H and O–H groups in total. The molecule has 0 aliphatic heterocycles. The molecule has 116 valence electrons. The van der Waals surface area contributed by atoms with Crippen molar-refractivity contribution in [2.45, 2.75) is 33.3 Å². The minimum absolute atomic E-state index is 0.0668. The van der Waals surface area contributed by atoms with Gasteiger partial charge in [-0.05, 0) is 42.1 Å². The molecule has 0 amide bonds. The molecule has 0 unspecified atom stereocenters. The second-order valence-corrected chi connectivity index (χ2v) is 4.86. The van der Waals surface area contributed by atoms with Crippen LogP contribution in [0.5, 0.6) is 0 Å². The third-order valence-electron chi connectivity index (χ3n) is 3.39. The summed E-state index contributed by atoms with van der Waals surface area (Å²) in [6, 6.07) is 1.43. The Morgan fingerprint density at radius 3 is 2.00 bits per heavy atom. The predicted molar refractivity (Wildman–Crippen MR) is 70.0 cm³/mol. The molecule has 1 aromatic rings. The molecule has 1 rings (SSSR count). The van der Waals surface area contributed by atoms with Crippen LogP contribution in [-0.2, 0) is 20.9 Å². The third kappa shape index (κ3) is 3.56. The van der Waals surface area contributed by atoms with Gasteiger partial charge in [0.2, 0.25) is 5.24 Å². The van der Waals surface area contributed by atoms with E-state index in [0.717, 1.165) is 0 Å². The van der Waals surface area contributed by atoms with Crippen LogP contribution in [0.1, 0.15) is 32.3 Å². The first-order chi connectivity index (χ1) is 9.78. The second kappa shape index (κ2) is 6.93. The highest BCUT2D eigenvalue weighted by Gasteiger charge is 2.43. The molecular weight excluding hydrogens is 309 g/mol. The number of ether oxygens (including phenoxy) is 1. The van der Waals surface area contributed by atoms with E-state index in [-0.39, 0.29) is 18.4 Å². The third-order valence-corrected chi connectivity index (χ3v) is 3.75. The number of carbonyl (C=O) groups is 2. The fourth-order valence-corrected chi connectivity index (χ4v) is 2.22. The molecule has 0 atom stereocenters. The Balaban J connectivity index is 2.88. The average Bonchev–Trinajstić information content (AvgIpc) is 2.43. The molecule has 0 aliphatic carbocycles. The molecule has 0 heterocycles. The highest BCUT2D eigenvalue weighted by molar-refractivity contribution is 6.66. The summed E-state index contributed by atoms with van der Waals surface area (Å²) in [5.74, 6) is -5.24. The Bertz CT molecular complexity index is 533. The Labute approximate surface area is 125 Å². The molecule has 0 saturated heterocycles. The zero-order chi connectivity index (χ0) is 16.2. The average molecular weight is 323 g/mol. The van der Waals surface area contributed by atoms with Crippen molar-refractivity contribution in [3.63, 3.8) is 0 Å². The van der Waals surface area contributed by atoms with E-state index < -0.39 is 40.7 Å². The van der Waals surface area contributed by atoms with E-state index in [2.05, 4.69) is 0 Å². The highest BCUT2D eigenvalue weighted by atomic mass is 35.5. The SMILES string of the molecule is CCC(CC)(C(=O)Cl)C(=O)OCc1cc(F)c(F)c(F)c1. The number of carbonyl (C=O) groups excluding carboxylic acids is 2. The first-order valence-electron chi connectivity index (χ1n) is 6.29. The molecule has 1 aromatic carbocycles. The van der Waals surface area contributed by atoms with Gasteiger partial charge in [0.25, 0.3) is 0 Å². The lowest BCUT2D eigenvalue weighted by atomic mass is 9.84. The van der Waals surface area contributed by atoms with Crippen LogP contribution in [0.15, 0.2) is 12.1 Å². The molecule has 0 bridgehead atoms. The van der Waals surface area contributed by atoms with Crippen molar-refractivity contribution < 1.29 is 27.5 Å². The molecule has 0 radical (unpaired) electrons. The predicted octanol–water partition coefficient (Wildman–Crippen LogP) is 3.72. The van der Waals surface area contributed by atoms with E-state index in [1.54, 1.807) is 13.8 Å². The fourth-order valence-electron chi connectivity index (χ4n) is 1.88. The van der Waals surface area contributed by atoms with Crippen LogP contribution in [0, 0.1) is 22.9 Å². The molecule has 0 aliphatic rings. The number of hydrogen-bond acceptors (Lipinski definition) is 3. The van der Waals surface area contributed by atoms with Gasteiger partial charge in [0.15, 0.2) is 17.5 Å². The lowest BCUT2D eigenvalue weighted by Gasteiger charge is -2.24. The second-order valence-electron chi connectivity index (χ2n) is 4.51. The smallest absolute Gasteiger partial charge is 0.321 e. The van der Waals surface area contributed by atoms with Gasteiger partial charge in [-0.2, -0.15) is 0 Å². The van der Waals surface area contributed by atoms with Crippen LogP contribution < -0.4 is 0 Å². The van der Waals surface area contributed by atoms with E-state index in [0.29, 0.717) is 12.1 Å². The molecule has 7 heteroatoms. The van der Waals surface area contributed by atoms with Gasteiger partial charge >= 0.3 is 5.97 Å². The van der Waals surface area contributed by atoms with Crippen molar-refractivity contribution in [2.75, 3.05) is 0 Å². The lowest BCUT2D eigenvalue weighted by Crippen LogP contribution is -2.37. The maximum Gasteiger partial charge on any atom is 0.321 e. The van der Waals surface area contributed by atoms with E-state index in [1.807, 2.05) is 0 Å². The van der Waals surface area contributed by atoms with Crippen LogP contribution in [-0.4, -0.2) is 11.2 Å². The quantitative estimate of drug-likeness (QED) is 0.347. The molecule has 0 spiro atoms. The van der Waals surface area contributed by atoms with Crippen molar-refractivity contribution >= 4 is 22.8 Å². The summed E-state index contributed by atoms with van der Waals surface area (Å²) in [5, 5.41) is -0.853. The lowest BCUT2D eigenvalue weighted by molar-refractivity contribution is -0.160. The Morgan fingerprint density at radius 2 is 1.62 bits per heavy atom. The first kappa shape index (κ1) is 17.5. The largest absolute Gasteiger partial charge is 0.460 e. The Kier molecular flexibility index (Phi) is 5.78. The van der Waals surface area contributed by atoms with E-state index >= 15 is 0 Å². The van der Waals surface area contributed by atoms with Crippen molar-refractivity contribution in [2.24, 2.45) is 5.41 Å².